The van der Waals surface area contributed by atoms with E-state index in [0.29, 0.717) is 12.1 Å². The Kier molecular flexibility index (Phi) is 8.28. The van der Waals surface area contributed by atoms with Gasteiger partial charge in [-0.1, -0.05) is 26.0 Å². The fraction of sp³-hybridized carbons (Fsp3) is 0.300. The summed E-state index contributed by atoms with van der Waals surface area (Å²) < 4.78 is 2.01. The number of hydrogen-bond donors (Lipinski definition) is 2. The minimum Gasteiger partial charge on any atom is -0.345 e. The van der Waals surface area contributed by atoms with E-state index >= 15 is 0 Å². The number of carbonyl (C=O) groups excluding carboxylic acids is 1. The number of para-hydroxylation sites is 2. The van der Waals surface area contributed by atoms with Crippen LogP contribution in [-0.2, 0) is 0 Å². The van der Waals surface area contributed by atoms with Crippen molar-refractivity contribution in [1.82, 2.24) is 14.9 Å². The highest BCUT2D eigenvalue weighted by Crippen LogP contribution is 2.19. The topological polar surface area (TPSA) is 72.9 Å². The first kappa shape index (κ1) is 23.0. The number of aromatic nitrogens is 2. The monoisotopic (exact) mass is 408 g/mol. The first-order chi connectivity index (χ1) is 12.1. The van der Waals surface area contributed by atoms with Crippen LogP contribution in [0.4, 0.5) is 0 Å². The third-order valence-corrected chi connectivity index (χ3v) is 4.98. The van der Waals surface area contributed by atoms with Crippen molar-refractivity contribution in [2.75, 3.05) is 6.54 Å². The Labute approximate surface area is 172 Å². The van der Waals surface area contributed by atoms with E-state index in [1.165, 1.54) is 0 Å². The maximum absolute atomic E-state index is 12.6. The van der Waals surface area contributed by atoms with Gasteiger partial charge in [-0.05, 0) is 49.2 Å². The number of hydrogen-bond acceptors (Lipinski definition) is 3. The summed E-state index contributed by atoms with van der Waals surface area (Å²) in [6, 6.07) is 15.5. The number of nitrogens with two attached hydrogens (primary N) is 1. The lowest BCUT2D eigenvalue weighted by atomic mass is 9.92. The van der Waals surface area contributed by atoms with Crippen molar-refractivity contribution in [2.24, 2.45) is 5.73 Å². The van der Waals surface area contributed by atoms with Crippen LogP contribution in [-0.4, -0.2) is 27.5 Å². The summed E-state index contributed by atoms with van der Waals surface area (Å²) in [6.07, 6.45) is 3.42. The lowest BCUT2D eigenvalue weighted by Gasteiger charge is -2.31. The Morgan fingerprint density at radius 1 is 1.07 bits per heavy atom. The van der Waals surface area contributed by atoms with E-state index in [4.69, 9.17) is 5.73 Å². The largest absolute Gasteiger partial charge is 0.345 e. The number of amides is 1. The number of rotatable bonds is 6. The SMILES string of the molecule is CCC(CC)(CN)NC(=O)c1ccc(-n2cnc3ccccc32)cc1.Cl.Cl. The van der Waals surface area contributed by atoms with Crippen LogP contribution in [0.1, 0.15) is 37.0 Å². The maximum Gasteiger partial charge on any atom is 0.251 e. The summed E-state index contributed by atoms with van der Waals surface area (Å²) in [7, 11) is 0. The smallest absolute Gasteiger partial charge is 0.251 e. The molecular formula is C20H26Cl2N4O. The number of carbonyl (C=O) groups is 1. The van der Waals surface area contributed by atoms with Crippen LogP contribution in [0, 0.1) is 0 Å². The maximum atomic E-state index is 12.6. The molecule has 5 nitrogen and oxygen atoms in total. The van der Waals surface area contributed by atoms with Gasteiger partial charge in [0.2, 0.25) is 0 Å². The van der Waals surface area contributed by atoms with Crippen LogP contribution in [0.25, 0.3) is 16.7 Å². The van der Waals surface area contributed by atoms with Gasteiger partial charge >= 0.3 is 0 Å². The third kappa shape index (κ3) is 4.61. The first-order valence-corrected chi connectivity index (χ1v) is 8.67. The molecule has 3 N–H and O–H groups in total. The second kappa shape index (κ2) is 9.74. The van der Waals surface area contributed by atoms with Gasteiger partial charge in [-0.25, -0.2) is 4.98 Å². The van der Waals surface area contributed by atoms with Gasteiger partial charge in [-0.15, -0.1) is 24.8 Å². The van der Waals surface area contributed by atoms with Crippen molar-refractivity contribution in [3.63, 3.8) is 0 Å². The Morgan fingerprint density at radius 2 is 1.70 bits per heavy atom. The molecule has 3 aromatic rings. The van der Waals surface area contributed by atoms with E-state index in [-0.39, 0.29) is 36.3 Å². The lowest BCUT2D eigenvalue weighted by Crippen LogP contribution is -2.52. The van der Waals surface area contributed by atoms with Crippen molar-refractivity contribution < 1.29 is 4.79 Å². The van der Waals surface area contributed by atoms with E-state index in [0.717, 1.165) is 29.6 Å². The van der Waals surface area contributed by atoms with Crippen LogP contribution in [0.5, 0.6) is 0 Å². The Bertz CT molecular complexity index is 865. The molecule has 2 aromatic carbocycles. The molecule has 1 amide bonds. The number of fused-ring (bicyclic) bond motifs is 1. The number of halogens is 2. The van der Waals surface area contributed by atoms with Crippen LogP contribution >= 0.6 is 24.8 Å². The zero-order valence-electron chi connectivity index (χ0n) is 15.5. The van der Waals surface area contributed by atoms with E-state index in [1.54, 1.807) is 6.33 Å². The average Bonchev–Trinajstić information content (AvgIpc) is 3.10. The average molecular weight is 409 g/mol. The summed E-state index contributed by atoms with van der Waals surface area (Å²) in [5, 5.41) is 3.10. The molecule has 0 fully saturated rings. The molecule has 0 unspecified atom stereocenters. The minimum absolute atomic E-state index is 0. The Balaban J connectivity index is 0.00000182. The molecule has 1 aromatic heterocycles. The lowest BCUT2D eigenvalue weighted by molar-refractivity contribution is 0.0895. The zero-order chi connectivity index (χ0) is 17.9. The van der Waals surface area contributed by atoms with Gasteiger partial charge < -0.3 is 11.1 Å². The normalized spacial score (nSPS) is 10.8. The van der Waals surface area contributed by atoms with Gasteiger partial charge in [-0.3, -0.25) is 9.36 Å². The van der Waals surface area contributed by atoms with Gasteiger partial charge in [0.1, 0.15) is 6.33 Å². The molecule has 0 atom stereocenters. The van der Waals surface area contributed by atoms with Crippen molar-refractivity contribution >= 4 is 41.8 Å². The molecule has 0 radical (unpaired) electrons. The third-order valence-electron chi connectivity index (χ3n) is 4.98. The van der Waals surface area contributed by atoms with Gasteiger partial charge in [0.05, 0.1) is 16.6 Å². The van der Waals surface area contributed by atoms with Crippen molar-refractivity contribution in [2.45, 2.75) is 32.2 Å². The molecule has 7 heteroatoms. The van der Waals surface area contributed by atoms with Crippen molar-refractivity contribution in [3.05, 3.63) is 60.4 Å². The standard InChI is InChI=1S/C20H24N4O.2ClH/c1-3-20(4-2,13-21)23-19(25)15-9-11-16(12-10-15)24-14-22-17-7-5-6-8-18(17)24;;/h5-12,14H,3-4,13,21H2,1-2H3,(H,23,25);2*1H. The highest BCUT2D eigenvalue weighted by molar-refractivity contribution is 5.95. The van der Waals surface area contributed by atoms with Crippen molar-refractivity contribution in [3.8, 4) is 5.69 Å². The predicted octanol–water partition coefficient (Wildman–Crippen LogP) is 4.12. The number of nitrogens with one attached hydrogen (secondary N) is 1. The van der Waals surface area contributed by atoms with Crippen molar-refractivity contribution in [1.29, 1.82) is 0 Å². The molecule has 0 aliphatic carbocycles. The molecule has 0 bridgehead atoms. The zero-order valence-corrected chi connectivity index (χ0v) is 17.1. The number of imidazole rings is 1. The summed E-state index contributed by atoms with van der Waals surface area (Å²) in [5.41, 5.74) is 9.13. The molecule has 1 heterocycles. The van der Waals surface area contributed by atoms with Crippen LogP contribution in [0.3, 0.4) is 0 Å². The van der Waals surface area contributed by atoms with Crippen LogP contribution < -0.4 is 11.1 Å². The number of nitrogens with zero attached hydrogens (tertiary/aromatic N) is 2. The molecule has 0 saturated heterocycles. The molecule has 0 saturated carbocycles. The van der Waals surface area contributed by atoms with Gasteiger partial charge in [0.25, 0.3) is 5.91 Å². The molecular weight excluding hydrogens is 383 g/mol. The molecule has 0 spiro atoms. The summed E-state index contributed by atoms with van der Waals surface area (Å²) in [5.74, 6) is -0.0869. The molecule has 146 valence electrons. The predicted molar refractivity (Wildman–Crippen MR) is 115 cm³/mol. The summed E-state index contributed by atoms with van der Waals surface area (Å²) in [4.78, 5) is 17.0. The fourth-order valence-corrected chi connectivity index (χ4v) is 3.02. The van der Waals surface area contributed by atoms with Gasteiger partial charge in [0.15, 0.2) is 0 Å². The van der Waals surface area contributed by atoms with Gasteiger partial charge in [-0.2, -0.15) is 0 Å². The summed E-state index contributed by atoms with van der Waals surface area (Å²) >= 11 is 0. The second-order valence-electron chi connectivity index (χ2n) is 6.30. The van der Waals surface area contributed by atoms with E-state index in [1.807, 2.05) is 66.9 Å². The number of benzene rings is 2. The highest BCUT2D eigenvalue weighted by atomic mass is 35.5. The highest BCUT2D eigenvalue weighted by Gasteiger charge is 2.26. The molecule has 27 heavy (non-hydrogen) atoms. The van der Waals surface area contributed by atoms with Crippen LogP contribution in [0.2, 0.25) is 0 Å². The minimum atomic E-state index is -0.337. The van der Waals surface area contributed by atoms with E-state index < -0.39 is 0 Å². The van der Waals surface area contributed by atoms with E-state index in [2.05, 4.69) is 10.3 Å². The second-order valence-corrected chi connectivity index (χ2v) is 6.30. The first-order valence-electron chi connectivity index (χ1n) is 8.67. The molecule has 0 aliphatic rings. The quantitative estimate of drug-likeness (QED) is 0.644. The molecule has 3 rings (SSSR count). The molecule has 0 aliphatic heterocycles. The Morgan fingerprint density at radius 3 is 2.30 bits per heavy atom. The fourth-order valence-electron chi connectivity index (χ4n) is 3.02. The van der Waals surface area contributed by atoms with Crippen LogP contribution in [0.15, 0.2) is 54.9 Å². The van der Waals surface area contributed by atoms with E-state index in [9.17, 15) is 4.79 Å². The Hall–Kier alpha value is -2.08. The summed E-state index contributed by atoms with van der Waals surface area (Å²) in [6.45, 7) is 4.53. The van der Waals surface area contributed by atoms with Gasteiger partial charge in [0, 0.05) is 17.8 Å².